The van der Waals surface area contributed by atoms with Gasteiger partial charge in [-0.05, 0) is 102 Å². The van der Waals surface area contributed by atoms with Crippen molar-refractivity contribution in [3.8, 4) is 0 Å². The molecule has 0 aliphatic carbocycles. The number of rotatable bonds is 15. The van der Waals surface area contributed by atoms with E-state index in [2.05, 4.69) is 0 Å². The molecule has 12 heteroatoms. The van der Waals surface area contributed by atoms with Crippen molar-refractivity contribution in [1.82, 2.24) is 8.80 Å². The van der Waals surface area contributed by atoms with Crippen LogP contribution in [0.15, 0.2) is 34.3 Å². The third-order valence-corrected chi connectivity index (χ3v) is 9.91. The number of carbonyl (C=O) groups is 4. The van der Waals surface area contributed by atoms with Crippen LogP contribution in [0.3, 0.4) is 0 Å². The van der Waals surface area contributed by atoms with E-state index in [1.807, 2.05) is 52.2 Å². The van der Waals surface area contributed by atoms with Crippen LogP contribution >= 0.6 is 23.5 Å². The van der Waals surface area contributed by atoms with Gasteiger partial charge in [-0.1, -0.05) is 12.1 Å². The van der Waals surface area contributed by atoms with Gasteiger partial charge in [0.2, 0.25) is 0 Å². The summed E-state index contributed by atoms with van der Waals surface area (Å²) >= 11 is 2.84. The zero-order valence-electron chi connectivity index (χ0n) is 28.9. The summed E-state index contributed by atoms with van der Waals surface area (Å²) < 4.78 is 25.3. The topological polar surface area (TPSA) is 114 Å². The maximum absolute atomic E-state index is 13.3. The maximum atomic E-state index is 13.3. The number of thioether (sulfide) groups is 2. The average Bonchev–Trinajstić information content (AvgIpc) is 3.52. The van der Waals surface area contributed by atoms with Gasteiger partial charge in [0.15, 0.2) is 0 Å². The number of aryl methyl sites for hydroxylation is 4. The number of esters is 4. The number of carbonyl (C=O) groups excluding carboxylic acids is 4. The van der Waals surface area contributed by atoms with Crippen molar-refractivity contribution < 1.29 is 38.1 Å². The molecule has 0 aliphatic heterocycles. The zero-order valence-corrected chi connectivity index (χ0v) is 30.6. The predicted molar refractivity (Wildman–Crippen MR) is 188 cm³/mol. The first-order valence-electron chi connectivity index (χ1n) is 16.2. The number of hydrogen-bond acceptors (Lipinski definition) is 10. The molecule has 0 amide bonds. The van der Waals surface area contributed by atoms with E-state index in [1.54, 1.807) is 36.5 Å². The fourth-order valence-electron chi connectivity index (χ4n) is 5.87. The van der Waals surface area contributed by atoms with E-state index in [4.69, 9.17) is 18.9 Å². The van der Waals surface area contributed by atoms with Crippen LogP contribution in [0.4, 0.5) is 0 Å². The van der Waals surface area contributed by atoms with Crippen LogP contribution in [0.5, 0.6) is 0 Å². The lowest BCUT2D eigenvalue weighted by Gasteiger charge is -2.09. The molecule has 0 aliphatic rings. The van der Waals surface area contributed by atoms with Gasteiger partial charge in [-0.15, -0.1) is 23.5 Å². The maximum Gasteiger partial charge on any atom is 0.356 e. The molecule has 0 fully saturated rings. The van der Waals surface area contributed by atoms with Gasteiger partial charge in [-0.2, -0.15) is 0 Å². The van der Waals surface area contributed by atoms with E-state index in [0.29, 0.717) is 54.8 Å². The fourth-order valence-corrected chi connectivity index (χ4v) is 8.26. The SMILES string of the molecule is CCOC(=O)c1c(SCCCCSc2c(C(=O)OCC)c3c(C)cc(C)cn3c2C(=O)OCC)c(C(=O)OCC)n2cc(C)cc(C)c12. The van der Waals surface area contributed by atoms with Crippen molar-refractivity contribution in [2.45, 2.75) is 78.0 Å². The van der Waals surface area contributed by atoms with Crippen LogP contribution in [0, 0.1) is 27.7 Å². The van der Waals surface area contributed by atoms with Crippen LogP contribution in [-0.4, -0.2) is 70.6 Å². The molecule has 0 bridgehead atoms. The summed E-state index contributed by atoms with van der Waals surface area (Å²) in [6.45, 7) is 15.5. The first-order valence-corrected chi connectivity index (χ1v) is 18.2. The van der Waals surface area contributed by atoms with Gasteiger partial charge in [0, 0.05) is 12.4 Å². The molecule has 4 aromatic rings. The highest BCUT2D eigenvalue weighted by Gasteiger charge is 2.32. The number of unbranched alkanes of at least 4 members (excludes halogenated alkanes) is 1. The molecule has 4 aromatic heterocycles. The summed E-state index contributed by atoms with van der Waals surface area (Å²) in [6, 6.07) is 3.95. The van der Waals surface area contributed by atoms with Gasteiger partial charge >= 0.3 is 23.9 Å². The first kappa shape index (κ1) is 36.9. The van der Waals surface area contributed by atoms with Crippen molar-refractivity contribution in [2.24, 2.45) is 0 Å². The molecule has 258 valence electrons. The van der Waals surface area contributed by atoms with E-state index in [1.165, 1.54) is 23.5 Å². The second-order valence-electron chi connectivity index (χ2n) is 11.2. The quantitative estimate of drug-likeness (QED) is 0.0528. The van der Waals surface area contributed by atoms with E-state index in [-0.39, 0.29) is 26.4 Å². The number of fused-ring (bicyclic) bond motifs is 2. The molecular weight excluding hydrogens is 653 g/mol. The molecule has 10 nitrogen and oxygen atoms in total. The molecule has 0 aromatic carbocycles. The molecule has 4 heterocycles. The Kier molecular flexibility index (Phi) is 12.7. The second kappa shape index (κ2) is 16.5. The van der Waals surface area contributed by atoms with Crippen molar-refractivity contribution in [1.29, 1.82) is 0 Å². The lowest BCUT2D eigenvalue weighted by Crippen LogP contribution is -2.10. The summed E-state index contributed by atoms with van der Waals surface area (Å²) in [7, 11) is 0. The predicted octanol–water partition coefficient (Wildman–Crippen LogP) is 7.80. The Morgan fingerprint density at radius 2 is 0.896 bits per heavy atom. The van der Waals surface area contributed by atoms with E-state index in [0.717, 1.165) is 35.1 Å². The van der Waals surface area contributed by atoms with Crippen molar-refractivity contribution in [3.63, 3.8) is 0 Å². The smallest absolute Gasteiger partial charge is 0.356 e. The van der Waals surface area contributed by atoms with Gasteiger partial charge in [0.05, 0.1) is 58.4 Å². The summed E-state index contributed by atoms with van der Waals surface area (Å²) in [4.78, 5) is 54.3. The summed E-state index contributed by atoms with van der Waals surface area (Å²) in [5, 5.41) is 0. The second-order valence-corrected chi connectivity index (χ2v) is 13.4. The molecule has 0 atom stereocenters. The lowest BCUT2D eigenvalue weighted by atomic mass is 10.1. The van der Waals surface area contributed by atoms with Gasteiger partial charge in [-0.25, -0.2) is 19.2 Å². The Morgan fingerprint density at radius 1 is 0.562 bits per heavy atom. The van der Waals surface area contributed by atoms with Crippen molar-refractivity contribution >= 4 is 58.4 Å². The largest absolute Gasteiger partial charge is 0.462 e. The lowest BCUT2D eigenvalue weighted by molar-refractivity contribution is 0.0498. The first-order chi connectivity index (χ1) is 23.0. The normalized spacial score (nSPS) is 11.2. The number of aromatic nitrogens is 2. The molecule has 0 saturated carbocycles. The van der Waals surface area contributed by atoms with Gasteiger partial charge < -0.3 is 27.7 Å². The highest BCUT2D eigenvalue weighted by Crippen LogP contribution is 2.38. The monoisotopic (exact) mass is 696 g/mol. The molecule has 0 unspecified atom stereocenters. The number of hydrogen-bond donors (Lipinski definition) is 0. The van der Waals surface area contributed by atoms with Crippen LogP contribution in [0.1, 0.15) is 104 Å². The van der Waals surface area contributed by atoms with E-state index >= 15 is 0 Å². The average molecular weight is 697 g/mol. The zero-order chi connectivity index (χ0) is 35.1. The Morgan fingerprint density at radius 3 is 1.23 bits per heavy atom. The Bertz CT molecular complexity index is 1720. The number of ether oxygens (including phenoxy) is 4. The minimum atomic E-state index is -0.504. The Labute approximate surface area is 289 Å². The molecular formula is C36H44N2O8S2. The standard InChI is InChI=1S/C36H44N2O8S2/c1-9-43-33(39)25-27-23(7)17-21(5)19-37(27)29(35(41)45-11-3)31(25)47-15-13-14-16-48-32-26(34(40)44-10-2)28-24(8)18-22(6)20-38(28)30(32)36(42)46-12-4/h17-20H,9-16H2,1-8H3. The van der Waals surface area contributed by atoms with Crippen molar-refractivity contribution in [3.05, 3.63) is 69.3 Å². The molecule has 0 N–H and O–H groups in total. The minimum Gasteiger partial charge on any atom is -0.462 e. The van der Waals surface area contributed by atoms with Gasteiger partial charge in [0.1, 0.15) is 11.4 Å². The van der Waals surface area contributed by atoms with Gasteiger partial charge in [-0.3, -0.25) is 0 Å². The molecule has 4 rings (SSSR count). The number of pyridine rings is 2. The van der Waals surface area contributed by atoms with Crippen LogP contribution < -0.4 is 0 Å². The molecule has 0 saturated heterocycles. The highest BCUT2D eigenvalue weighted by molar-refractivity contribution is 7.99. The highest BCUT2D eigenvalue weighted by atomic mass is 32.2. The Balaban J connectivity index is 1.63. The third kappa shape index (κ3) is 7.54. The fraction of sp³-hybridized carbons (Fsp3) is 0.444. The van der Waals surface area contributed by atoms with E-state index < -0.39 is 23.9 Å². The molecule has 0 radical (unpaired) electrons. The van der Waals surface area contributed by atoms with Crippen molar-refractivity contribution in [2.75, 3.05) is 37.9 Å². The summed E-state index contributed by atoms with van der Waals surface area (Å²) in [5.41, 5.74) is 6.20. The number of nitrogens with zero attached hydrogens (tertiary/aromatic N) is 2. The summed E-state index contributed by atoms with van der Waals surface area (Å²) in [5.74, 6) is -0.787. The molecule has 0 spiro atoms. The third-order valence-electron chi connectivity index (χ3n) is 7.55. The summed E-state index contributed by atoms with van der Waals surface area (Å²) in [6.07, 6.45) is 5.12. The van der Waals surface area contributed by atoms with Crippen LogP contribution in [0.2, 0.25) is 0 Å². The van der Waals surface area contributed by atoms with Gasteiger partial charge in [0.25, 0.3) is 0 Å². The van der Waals surface area contributed by atoms with Crippen LogP contribution in [-0.2, 0) is 18.9 Å². The molecule has 48 heavy (non-hydrogen) atoms. The Hall–Kier alpha value is -3.90. The van der Waals surface area contributed by atoms with Crippen LogP contribution in [0.25, 0.3) is 11.0 Å². The minimum absolute atomic E-state index is 0.197. The van der Waals surface area contributed by atoms with E-state index in [9.17, 15) is 19.2 Å².